The summed E-state index contributed by atoms with van der Waals surface area (Å²) in [6, 6.07) is 11.2. The minimum Gasteiger partial charge on any atom is -0.198 e. The van der Waals surface area contributed by atoms with Crippen molar-refractivity contribution in [2.24, 2.45) is 0 Å². The van der Waals surface area contributed by atoms with Gasteiger partial charge >= 0.3 is 0 Å². The molecule has 0 aliphatic heterocycles. The third-order valence-corrected chi connectivity index (χ3v) is 4.88. The van der Waals surface area contributed by atoms with E-state index in [-0.39, 0.29) is 0 Å². The third kappa shape index (κ3) is 4.38. The number of rotatable bonds is 6. The molecule has 1 nitrogen and oxygen atoms in total. The summed E-state index contributed by atoms with van der Waals surface area (Å²) < 4.78 is 0. The van der Waals surface area contributed by atoms with Crippen LogP contribution in [0, 0.1) is 11.3 Å². The first-order valence-electron chi connectivity index (χ1n) is 7.01. The molecule has 0 N–H and O–H groups in total. The Morgan fingerprint density at radius 3 is 2.50 bits per heavy atom. The number of thioether (sulfide) groups is 1. The Labute approximate surface area is 115 Å². The van der Waals surface area contributed by atoms with Gasteiger partial charge in [-0.15, -0.1) is 11.8 Å². The monoisotopic (exact) mass is 259 g/mol. The number of hydrogen-bond donors (Lipinski definition) is 0. The highest BCUT2D eigenvalue weighted by molar-refractivity contribution is 8.00. The van der Waals surface area contributed by atoms with E-state index in [2.05, 4.69) is 30.3 Å². The normalized spacial score (nSPS) is 15.7. The zero-order valence-corrected chi connectivity index (χ0v) is 11.7. The summed E-state index contributed by atoms with van der Waals surface area (Å²) in [5, 5.41) is 9.34. The average molecular weight is 259 g/mol. The van der Waals surface area contributed by atoms with Crippen molar-refractivity contribution in [1.82, 2.24) is 0 Å². The molecule has 0 bridgehead atoms. The molecular weight excluding hydrogens is 238 g/mol. The highest BCUT2D eigenvalue weighted by Gasteiger charge is 2.15. The predicted octanol–water partition coefficient (Wildman–Crippen LogP) is 4.96. The molecule has 0 saturated heterocycles. The van der Waals surface area contributed by atoms with E-state index >= 15 is 0 Å². The summed E-state index contributed by atoms with van der Waals surface area (Å²) in [4.78, 5) is 1.42. The van der Waals surface area contributed by atoms with Crippen LogP contribution in [0.1, 0.15) is 50.5 Å². The quantitative estimate of drug-likeness (QED) is 0.674. The molecule has 1 aliphatic carbocycles. The SMILES string of the molecule is N#CCCCCc1ccc(SC2CCCC2)cc1. The molecule has 1 aromatic carbocycles. The number of unbranched alkanes of at least 4 members (excludes halogenated alkanes) is 2. The summed E-state index contributed by atoms with van der Waals surface area (Å²) in [5.74, 6) is 0. The van der Waals surface area contributed by atoms with Crippen LogP contribution in [0.25, 0.3) is 0 Å². The molecule has 0 spiro atoms. The van der Waals surface area contributed by atoms with E-state index < -0.39 is 0 Å². The summed E-state index contributed by atoms with van der Waals surface area (Å²) in [6.45, 7) is 0. The maximum Gasteiger partial charge on any atom is 0.0621 e. The van der Waals surface area contributed by atoms with Crippen LogP contribution in [0.15, 0.2) is 29.2 Å². The number of benzene rings is 1. The molecule has 0 radical (unpaired) electrons. The molecule has 1 aliphatic rings. The summed E-state index contributed by atoms with van der Waals surface area (Å²) in [7, 11) is 0. The van der Waals surface area contributed by atoms with Crippen molar-refractivity contribution in [3.05, 3.63) is 29.8 Å². The molecular formula is C16H21NS. The summed E-state index contributed by atoms with van der Waals surface area (Å²) >= 11 is 2.05. The molecule has 18 heavy (non-hydrogen) atoms. The molecule has 2 heteroatoms. The van der Waals surface area contributed by atoms with Gasteiger partial charge in [-0.25, -0.2) is 0 Å². The first-order chi connectivity index (χ1) is 8.88. The van der Waals surface area contributed by atoms with Crippen molar-refractivity contribution in [3.63, 3.8) is 0 Å². The van der Waals surface area contributed by atoms with E-state index in [0.29, 0.717) is 6.42 Å². The largest absolute Gasteiger partial charge is 0.198 e. The van der Waals surface area contributed by atoms with Crippen LogP contribution >= 0.6 is 11.8 Å². The van der Waals surface area contributed by atoms with E-state index in [0.717, 1.165) is 24.5 Å². The van der Waals surface area contributed by atoms with Crippen LogP contribution in [0.2, 0.25) is 0 Å². The maximum atomic E-state index is 8.48. The molecule has 0 atom stereocenters. The van der Waals surface area contributed by atoms with Crippen LogP contribution < -0.4 is 0 Å². The van der Waals surface area contributed by atoms with Crippen molar-refractivity contribution in [2.75, 3.05) is 0 Å². The van der Waals surface area contributed by atoms with E-state index in [1.165, 1.54) is 36.1 Å². The predicted molar refractivity (Wildman–Crippen MR) is 77.7 cm³/mol. The van der Waals surface area contributed by atoms with Gasteiger partial charge in [-0.3, -0.25) is 0 Å². The fraction of sp³-hybridized carbons (Fsp3) is 0.562. The fourth-order valence-electron chi connectivity index (χ4n) is 2.47. The molecule has 1 saturated carbocycles. The molecule has 2 rings (SSSR count). The molecule has 0 unspecified atom stereocenters. The third-order valence-electron chi connectivity index (χ3n) is 3.53. The second kappa shape index (κ2) is 7.48. The highest BCUT2D eigenvalue weighted by Crippen LogP contribution is 2.34. The van der Waals surface area contributed by atoms with Crippen LogP contribution in [0.4, 0.5) is 0 Å². The Bertz CT molecular complexity index is 385. The highest BCUT2D eigenvalue weighted by atomic mass is 32.2. The number of nitriles is 1. The Morgan fingerprint density at radius 1 is 1.11 bits per heavy atom. The van der Waals surface area contributed by atoms with Gasteiger partial charge in [0.25, 0.3) is 0 Å². The number of nitrogens with zero attached hydrogens (tertiary/aromatic N) is 1. The smallest absolute Gasteiger partial charge is 0.0621 e. The van der Waals surface area contributed by atoms with Crippen molar-refractivity contribution in [1.29, 1.82) is 5.26 Å². The minimum atomic E-state index is 0.690. The van der Waals surface area contributed by atoms with Crippen LogP contribution in [0.5, 0.6) is 0 Å². The lowest BCUT2D eigenvalue weighted by Crippen LogP contribution is -1.93. The Kier molecular flexibility index (Phi) is 5.61. The Morgan fingerprint density at radius 2 is 1.83 bits per heavy atom. The van der Waals surface area contributed by atoms with E-state index in [1.54, 1.807) is 0 Å². The van der Waals surface area contributed by atoms with Gasteiger partial charge in [0.1, 0.15) is 0 Å². The molecule has 1 aromatic rings. The maximum absolute atomic E-state index is 8.48. The van der Waals surface area contributed by atoms with Crippen molar-refractivity contribution >= 4 is 11.8 Å². The lowest BCUT2D eigenvalue weighted by molar-refractivity contribution is 0.752. The molecule has 1 fully saturated rings. The zero-order chi connectivity index (χ0) is 12.6. The zero-order valence-electron chi connectivity index (χ0n) is 10.9. The number of aryl methyl sites for hydroxylation is 1. The van der Waals surface area contributed by atoms with Gasteiger partial charge in [-0.2, -0.15) is 5.26 Å². The first kappa shape index (κ1) is 13.5. The summed E-state index contributed by atoms with van der Waals surface area (Å²) in [5.41, 5.74) is 1.41. The van der Waals surface area contributed by atoms with Gasteiger partial charge < -0.3 is 0 Å². The van der Waals surface area contributed by atoms with Gasteiger partial charge in [0.15, 0.2) is 0 Å². The number of hydrogen-bond acceptors (Lipinski definition) is 2. The van der Waals surface area contributed by atoms with Gasteiger partial charge in [-0.05, 0) is 49.8 Å². The molecule has 0 amide bonds. The Balaban J connectivity index is 1.76. The topological polar surface area (TPSA) is 23.8 Å². The average Bonchev–Trinajstić information content (AvgIpc) is 2.89. The first-order valence-corrected chi connectivity index (χ1v) is 7.89. The lowest BCUT2D eigenvalue weighted by Gasteiger charge is -2.09. The fourth-order valence-corrected chi connectivity index (χ4v) is 3.71. The van der Waals surface area contributed by atoms with E-state index in [9.17, 15) is 0 Å². The van der Waals surface area contributed by atoms with E-state index in [4.69, 9.17) is 5.26 Å². The minimum absolute atomic E-state index is 0.690. The molecule has 0 aromatic heterocycles. The van der Waals surface area contributed by atoms with Gasteiger partial charge in [0.05, 0.1) is 6.07 Å². The van der Waals surface area contributed by atoms with Crippen molar-refractivity contribution < 1.29 is 0 Å². The van der Waals surface area contributed by atoms with Crippen molar-refractivity contribution in [3.8, 4) is 6.07 Å². The van der Waals surface area contributed by atoms with Gasteiger partial charge in [0, 0.05) is 16.6 Å². The Hall–Kier alpha value is -0.940. The van der Waals surface area contributed by atoms with Crippen molar-refractivity contribution in [2.45, 2.75) is 61.5 Å². The molecule has 0 heterocycles. The van der Waals surface area contributed by atoms with Crippen LogP contribution in [0.3, 0.4) is 0 Å². The second-order valence-electron chi connectivity index (χ2n) is 5.03. The second-order valence-corrected chi connectivity index (χ2v) is 6.41. The standard InChI is InChI=1S/C16H21NS/c17-13-5-1-2-6-14-9-11-16(12-10-14)18-15-7-3-4-8-15/h9-12,15H,1-8H2. The van der Waals surface area contributed by atoms with Crippen LogP contribution in [-0.2, 0) is 6.42 Å². The van der Waals surface area contributed by atoms with Crippen LogP contribution in [-0.4, -0.2) is 5.25 Å². The lowest BCUT2D eigenvalue weighted by atomic mass is 10.1. The van der Waals surface area contributed by atoms with Gasteiger partial charge in [0.2, 0.25) is 0 Å². The molecule has 96 valence electrons. The summed E-state index contributed by atoms with van der Waals surface area (Å²) in [6.07, 6.45) is 9.55. The van der Waals surface area contributed by atoms with Gasteiger partial charge in [-0.1, -0.05) is 25.0 Å². The van der Waals surface area contributed by atoms with E-state index in [1.807, 2.05) is 11.8 Å².